The number of ether oxygens (including phenoxy) is 1. The Hall–Kier alpha value is -1.77. The number of carbonyl (C=O) groups excluding carboxylic acids is 1. The fourth-order valence-corrected chi connectivity index (χ4v) is 5.99. The third kappa shape index (κ3) is 3.20. The Kier molecular flexibility index (Phi) is 4.34. The van der Waals surface area contributed by atoms with E-state index in [1.54, 1.807) is 6.33 Å². The second-order valence-electron chi connectivity index (χ2n) is 10.3. The lowest BCUT2D eigenvalue weighted by molar-refractivity contribution is -0.126. The van der Waals surface area contributed by atoms with Crippen LogP contribution in [0, 0.1) is 11.3 Å². The first kappa shape index (κ1) is 19.0. The van der Waals surface area contributed by atoms with Gasteiger partial charge in [0, 0.05) is 37.7 Å². The monoisotopic (exact) mass is 412 g/mol. The van der Waals surface area contributed by atoms with Crippen LogP contribution in [0.3, 0.4) is 0 Å². The number of nitrogens with one attached hydrogen (secondary N) is 3. The second kappa shape index (κ2) is 6.87. The van der Waals surface area contributed by atoms with E-state index in [4.69, 9.17) is 4.74 Å². The second-order valence-corrected chi connectivity index (χ2v) is 10.3. The molecule has 3 N–H and O–H groups in total. The molecule has 2 saturated carbocycles. The average molecular weight is 413 g/mol. The molecule has 0 radical (unpaired) electrons. The molecule has 6 rings (SSSR count). The molecule has 2 aliphatic carbocycles. The van der Waals surface area contributed by atoms with E-state index >= 15 is 0 Å². The molecule has 8 heteroatoms. The zero-order valence-corrected chi connectivity index (χ0v) is 17.7. The van der Waals surface area contributed by atoms with E-state index in [1.807, 2.05) is 0 Å². The van der Waals surface area contributed by atoms with Crippen molar-refractivity contribution in [1.29, 1.82) is 0 Å². The first-order valence-corrected chi connectivity index (χ1v) is 11.6. The van der Waals surface area contributed by atoms with Gasteiger partial charge in [-0.3, -0.25) is 10.2 Å². The molecule has 5 unspecified atom stereocenters. The summed E-state index contributed by atoms with van der Waals surface area (Å²) in [7, 11) is 0. The summed E-state index contributed by atoms with van der Waals surface area (Å²) in [6.07, 6.45) is 9.59. The van der Waals surface area contributed by atoms with Crippen molar-refractivity contribution in [2.75, 3.05) is 24.5 Å². The Labute approximate surface area is 177 Å². The standard InChI is InChI=1S/C22H32N6O2/c1-21(4-5-21)30-14-2-3-16-15(10-14)19(27-26-16)17-11-18(25-13-24-17)28-9-7-22(12-28)6-8-23-20(22)29/h11,13-16,19,26-27H,2-10,12H2,1H3,(H,23,29). The maximum absolute atomic E-state index is 12.3. The molecule has 1 amide bonds. The number of hydrazine groups is 1. The van der Waals surface area contributed by atoms with Crippen LogP contribution >= 0.6 is 0 Å². The van der Waals surface area contributed by atoms with E-state index in [9.17, 15) is 4.79 Å². The summed E-state index contributed by atoms with van der Waals surface area (Å²) in [6, 6.07) is 2.76. The summed E-state index contributed by atoms with van der Waals surface area (Å²) in [5.74, 6) is 1.62. The summed E-state index contributed by atoms with van der Waals surface area (Å²) in [5, 5.41) is 3.01. The topological polar surface area (TPSA) is 91.4 Å². The molecule has 1 spiro atoms. The van der Waals surface area contributed by atoms with E-state index in [-0.39, 0.29) is 23.0 Å². The number of aromatic nitrogens is 2. The lowest BCUT2D eigenvalue weighted by atomic mass is 9.79. The van der Waals surface area contributed by atoms with Crippen molar-refractivity contribution < 1.29 is 9.53 Å². The van der Waals surface area contributed by atoms with Crippen LogP contribution in [0.1, 0.15) is 63.6 Å². The number of anilines is 1. The van der Waals surface area contributed by atoms with Gasteiger partial charge < -0.3 is 15.0 Å². The smallest absolute Gasteiger partial charge is 0.228 e. The zero-order chi connectivity index (χ0) is 20.3. The molecule has 30 heavy (non-hydrogen) atoms. The molecular weight excluding hydrogens is 380 g/mol. The van der Waals surface area contributed by atoms with Gasteiger partial charge in [0.2, 0.25) is 5.91 Å². The first-order valence-electron chi connectivity index (χ1n) is 11.6. The van der Waals surface area contributed by atoms with Gasteiger partial charge in [-0.2, -0.15) is 0 Å². The van der Waals surface area contributed by atoms with Crippen LogP contribution < -0.4 is 21.1 Å². The highest BCUT2D eigenvalue weighted by molar-refractivity contribution is 5.86. The number of rotatable bonds is 4. The van der Waals surface area contributed by atoms with Crippen LogP contribution in [-0.2, 0) is 9.53 Å². The van der Waals surface area contributed by atoms with Crippen molar-refractivity contribution in [3.8, 4) is 0 Å². The molecular formula is C22H32N6O2. The lowest BCUT2D eigenvalue weighted by Crippen LogP contribution is -2.38. The average Bonchev–Trinajstić information content (AvgIpc) is 3.13. The minimum atomic E-state index is -0.226. The van der Waals surface area contributed by atoms with Crippen LogP contribution in [0.2, 0.25) is 0 Å². The van der Waals surface area contributed by atoms with Crippen LogP contribution in [0.25, 0.3) is 0 Å². The molecule has 0 bridgehead atoms. The number of amides is 1. The van der Waals surface area contributed by atoms with Gasteiger partial charge in [0.05, 0.1) is 28.9 Å². The van der Waals surface area contributed by atoms with Crippen LogP contribution in [0.4, 0.5) is 5.82 Å². The summed E-state index contributed by atoms with van der Waals surface area (Å²) in [6.45, 7) is 4.67. The Bertz CT molecular complexity index is 845. The van der Waals surface area contributed by atoms with Crippen molar-refractivity contribution in [1.82, 2.24) is 26.1 Å². The molecule has 3 saturated heterocycles. The fraction of sp³-hybridized carbons (Fsp3) is 0.773. The number of hydrogen-bond donors (Lipinski definition) is 3. The molecule has 1 aromatic rings. The number of carbonyl (C=O) groups is 1. The number of nitrogens with zero attached hydrogens (tertiary/aromatic N) is 3. The van der Waals surface area contributed by atoms with Gasteiger partial charge in [-0.1, -0.05) is 0 Å². The molecule has 5 aliphatic rings. The van der Waals surface area contributed by atoms with E-state index in [0.717, 1.165) is 63.3 Å². The summed E-state index contributed by atoms with van der Waals surface area (Å²) < 4.78 is 6.42. The molecule has 5 atom stereocenters. The maximum Gasteiger partial charge on any atom is 0.228 e. The minimum Gasteiger partial charge on any atom is -0.372 e. The lowest BCUT2D eigenvalue weighted by Gasteiger charge is -2.34. The fourth-order valence-electron chi connectivity index (χ4n) is 5.99. The molecule has 8 nitrogen and oxygen atoms in total. The molecule has 1 aromatic heterocycles. The SMILES string of the molecule is CC1(OC2CCC3NNC(c4cc(N5CCC6(CCNC6=O)C5)ncn4)C3C2)CC1. The van der Waals surface area contributed by atoms with Gasteiger partial charge in [0.1, 0.15) is 12.1 Å². The van der Waals surface area contributed by atoms with Crippen molar-refractivity contribution in [3.63, 3.8) is 0 Å². The molecule has 0 aromatic carbocycles. The van der Waals surface area contributed by atoms with Crippen molar-refractivity contribution >= 4 is 11.7 Å². The van der Waals surface area contributed by atoms with Crippen LogP contribution in [0.15, 0.2) is 12.4 Å². The summed E-state index contributed by atoms with van der Waals surface area (Å²) >= 11 is 0. The third-order valence-electron chi connectivity index (χ3n) is 8.15. The van der Waals surface area contributed by atoms with Gasteiger partial charge in [0.25, 0.3) is 0 Å². The highest BCUT2D eigenvalue weighted by Gasteiger charge is 2.48. The highest BCUT2D eigenvalue weighted by atomic mass is 16.5. The molecule has 162 valence electrons. The number of hydrogen-bond acceptors (Lipinski definition) is 7. The van der Waals surface area contributed by atoms with Gasteiger partial charge in [-0.15, -0.1) is 0 Å². The Morgan fingerprint density at radius 3 is 2.87 bits per heavy atom. The Balaban J connectivity index is 1.18. The van der Waals surface area contributed by atoms with E-state index in [2.05, 4.69) is 44.0 Å². The third-order valence-corrected chi connectivity index (χ3v) is 8.15. The Morgan fingerprint density at radius 2 is 2.07 bits per heavy atom. The van der Waals surface area contributed by atoms with E-state index < -0.39 is 0 Å². The quantitative estimate of drug-likeness (QED) is 0.689. The number of fused-ring (bicyclic) bond motifs is 1. The molecule has 5 fully saturated rings. The van der Waals surface area contributed by atoms with Gasteiger partial charge in [-0.05, 0) is 51.9 Å². The van der Waals surface area contributed by atoms with E-state index in [1.165, 1.54) is 12.8 Å². The highest BCUT2D eigenvalue weighted by Crippen LogP contribution is 2.45. The zero-order valence-electron chi connectivity index (χ0n) is 17.7. The van der Waals surface area contributed by atoms with Crippen molar-refractivity contribution in [2.45, 2.75) is 75.7 Å². The molecule has 3 aliphatic heterocycles. The van der Waals surface area contributed by atoms with Gasteiger partial charge in [-0.25, -0.2) is 15.4 Å². The largest absolute Gasteiger partial charge is 0.372 e. The van der Waals surface area contributed by atoms with Gasteiger partial charge in [0.15, 0.2) is 0 Å². The van der Waals surface area contributed by atoms with Crippen molar-refractivity contribution in [3.05, 3.63) is 18.1 Å². The van der Waals surface area contributed by atoms with Crippen LogP contribution in [0.5, 0.6) is 0 Å². The predicted octanol–water partition coefficient (Wildman–Crippen LogP) is 1.45. The van der Waals surface area contributed by atoms with Gasteiger partial charge >= 0.3 is 0 Å². The predicted molar refractivity (Wildman–Crippen MR) is 112 cm³/mol. The molecule has 4 heterocycles. The summed E-state index contributed by atoms with van der Waals surface area (Å²) in [4.78, 5) is 23.8. The minimum absolute atomic E-state index is 0.132. The van der Waals surface area contributed by atoms with Crippen molar-refractivity contribution in [2.24, 2.45) is 11.3 Å². The normalized spacial score (nSPS) is 39.4. The Morgan fingerprint density at radius 1 is 1.17 bits per heavy atom. The first-order chi connectivity index (χ1) is 14.5. The summed E-state index contributed by atoms with van der Waals surface area (Å²) in [5.41, 5.74) is 7.96. The van der Waals surface area contributed by atoms with Crippen LogP contribution in [-0.4, -0.2) is 53.3 Å². The van der Waals surface area contributed by atoms with E-state index in [0.29, 0.717) is 18.1 Å². The maximum atomic E-state index is 12.3.